The molecule has 3 N–H and O–H groups in total. The second-order valence-electron chi connectivity index (χ2n) is 10.6. The molecule has 0 unspecified atom stereocenters. The Morgan fingerprint density at radius 1 is 1.05 bits per heavy atom. The molecule has 3 heterocycles. The van der Waals surface area contributed by atoms with Crippen LogP contribution in [0.4, 0.5) is 16.3 Å². The number of aromatic nitrogens is 4. The quantitative estimate of drug-likeness (QED) is 0.212. The van der Waals surface area contributed by atoms with E-state index in [9.17, 15) is 4.79 Å². The molecule has 3 aromatic carbocycles. The molecule has 10 nitrogen and oxygen atoms in total. The lowest BCUT2D eigenvalue weighted by molar-refractivity contribution is 0.261. The van der Waals surface area contributed by atoms with Crippen LogP contribution in [0.1, 0.15) is 32.0 Å². The number of rotatable bonds is 6. The molecular weight excluding hydrogens is 520 g/mol. The van der Waals surface area contributed by atoms with Crippen LogP contribution in [-0.4, -0.2) is 39.7 Å². The zero-order valence-corrected chi connectivity index (χ0v) is 23.2. The van der Waals surface area contributed by atoms with Crippen molar-refractivity contribution in [2.45, 2.75) is 26.2 Å². The summed E-state index contributed by atoms with van der Waals surface area (Å²) in [6, 6.07) is 18.2. The SMILES string of the molecule is COc1ccc(-n2nc(C(C)(C)C)cc2NC(=O)Nc2ccc(Oc3cccc4[nH]ncc34)c3c2OCC=C3)cc1. The molecule has 0 radical (unpaired) electrons. The Kier molecular flexibility index (Phi) is 6.58. The van der Waals surface area contributed by atoms with Crippen molar-refractivity contribution in [3.8, 4) is 28.7 Å². The number of aromatic amines is 1. The van der Waals surface area contributed by atoms with Crippen LogP contribution in [0.2, 0.25) is 0 Å². The fourth-order valence-electron chi connectivity index (χ4n) is 4.55. The molecule has 41 heavy (non-hydrogen) atoms. The maximum Gasteiger partial charge on any atom is 0.324 e. The largest absolute Gasteiger partial charge is 0.497 e. The molecule has 2 aromatic heterocycles. The maximum atomic E-state index is 13.3. The summed E-state index contributed by atoms with van der Waals surface area (Å²) in [7, 11) is 1.62. The molecule has 0 atom stereocenters. The molecule has 0 fully saturated rings. The summed E-state index contributed by atoms with van der Waals surface area (Å²) in [6.45, 7) is 6.60. The zero-order valence-electron chi connectivity index (χ0n) is 23.2. The number of fused-ring (bicyclic) bond motifs is 2. The Hall–Kier alpha value is -5.25. The fourth-order valence-corrected chi connectivity index (χ4v) is 4.55. The van der Waals surface area contributed by atoms with Crippen LogP contribution in [0, 0.1) is 0 Å². The zero-order chi connectivity index (χ0) is 28.6. The molecule has 208 valence electrons. The minimum Gasteiger partial charge on any atom is -0.497 e. The summed E-state index contributed by atoms with van der Waals surface area (Å²) < 4.78 is 19.2. The van der Waals surface area contributed by atoms with E-state index >= 15 is 0 Å². The first-order valence-electron chi connectivity index (χ1n) is 13.2. The average molecular weight is 551 g/mol. The predicted molar refractivity (Wildman–Crippen MR) is 159 cm³/mol. The molecule has 0 aliphatic carbocycles. The van der Waals surface area contributed by atoms with Gasteiger partial charge in [0.15, 0.2) is 5.75 Å². The van der Waals surface area contributed by atoms with Gasteiger partial charge in [-0.05, 0) is 60.7 Å². The molecule has 0 spiro atoms. The van der Waals surface area contributed by atoms with Gasteiger partial charge in [0.25, 0.3) is 0 Å². The van der Waals surface area contributed by atoms with Gasteiger partial charge in [-0.1, -0.05) is 26.8 Å². The summed E-state index contributed by atoms with van der Waals surface area (Å²) in [6.07, 6.45) is 5.56. The Morgan fingerprint density at radius 2 is 1.88 bits per heavy atom. The van der Waals surface area contributed by atoms with Gasteiger partial charge in [0.1, 0.15) is 29.7 Å². The second kappa shape index (κ2) is 10.4. The van der Waals surface area contributed by atoms with E-state index in [0.29, 0.717) is 35.4 Å². The van der Waals surface area contributed by atoms with Crippen molar-refractivity contribution in [1.29, 1.82) is 0 Å². The van der Waals surface area contributed by atoms with Crippen LogP contribution in [0.15, 0.2) is 72.9 Å². The van der Waals surface area contributed by atoms with Gasteiger partial charge in [-0.2, -0.15) is 10.2 Å². The third kappa shape index (κ3) is 5.19. The number of ether oxygens (including phenoxy) is 3. The number of urea groups is 1. The number of carbonyl (C=O) groups is 1. The summed E-state index contributed by atoms with van der Waals surface area (Å²) in [4.78, 5) is 13.3. The van der Waals surface area contributed by atoms with Crippen LogP contribution < -0.4 is 24.8 Å². The molecule has 2 amide bonds. The number of amides is 2. The third-order valence-corrected chi connectivity index (χ3v) is 6.71. The lowest BCUT2D eigenvalue weighted by atomic mass is 9.92. The van der Waals surface area contributed by atoms with E-state index in [0.717, 1.165) is 33.6 Å². The Bertz CT molecular complexity index is 1760. The summed E-state index contributed by atoms with van der Waals surface area (Å²) >= 11 is 0. The van der Waals surface area contributed by atoms with E-state index in [4.69, 9.17) is 19.3 Å². The van der Waals surface area contributed by atoms with Crippen molar-refractivity contribution < 1.29 is 19.0 Å². The first kappa shape index (κ1) is 26.0. The van der Waals surface area contributed by atoms with E-state index in [-0.39, 0.29) is 5.41 Å². The molecule has 5 aromatic rings. The first-order chi connectivity index (χ1) is 19.8. The Morgan fingerprint density at radius 3 is 2.66 bits per heavy atom. The van der Waals surface area contributed by atoms with Gasteiger partial charge in [-0.25, -0.2) is 9.48 Å². The molecule has 1 aliphatic rings. The van der Waals surface area contributed by atoms with Gasteiger partial charge in [0.05, 0.1) is 46.8 Å². The normalized spacial score (nSPS) is 12.5. The van der Waals surface area contributed by atoms with Crippen molar-refractivity contribution >= 4 is 34.5 Å². The van der Waals surface area contributed by atoms with E-state index in [1.807, 2.05) is 66.7 Å². The lowest BCUT2D eigenvalue weighted by Crippen LogP contribution is -2.22. The van der Waals surface area contributed by atoms with Crippen molar-refractivity contribution in [3.63, 3.8) is 0 Å². The number of hydrogen-bond acceptors (Lipinski definition) is 6. The highest BCUT2D eigenvalue weighted by molar-refractivity contribution is 6.01. The smallest absolute Gasteiger partial charge is 0.324 e. The predicted octanol–water partition coefficient (Wildman–Crippen LogP) is 6.90. The second-order valence-corrected chi connectivity index (χ2v) is 10.6. The minimum absolute atomic E-state index is 0.222. The van der Waals surface area contributed by atoms with Crippen molar-refractivity contribution in [3.05, 3.63) is 84.2 Å². The summed E-state index contributed by atoms with van der Waals surface area (Å²) in [5, 5.41) is 18.6. The van der Waals surface area contributed by atoms with E-state index < -0.39 is 6.03 Å². The molecule has 10 heteroatoms. The highest BCUT2D eigenvalue weighted by atomic mass is 16.5. The fraction of sp³-hybridized carbons (Fsp3) is 0.194. The average Bonchev–Trinajstić information content (AvgIpc) is 3.62. The summed E-state index contributed by atoms with van der Waals surface area (Å²) in [5.41, 5.74) is 3.53. The number of nitrogens with zero attached hydrogens (tertiary/aromatic N) is 3. The minimum atomic E-state index is -0.433. The van der Waals surface area contributed by atoms with Gasteiger partial charge in [-0.15, -0.1) is 0 Å². The van der Waals surface area contributed by atoms with Crippen LogP contribution in [0.5, 0.6) is 23.0 Å². The Balaban J connectivity index is 1.27. The number of carbonyl (C=O) groups excluding carboxylic acids is 1. The standard InChI is InChI=1S/C31H30N6O4/c1-31(2,3)27-17-28(37(36-27)19-10-12-20(39-4)13-11-19)34-30(38)33-24-14-15-26(21-7-6-16-40-29(21)24)41-25-9-5-8-23-22(25)18-32-35-23/h5-15,17-18H,16H2,1-4H3,(H,32,35)(H2,33,34,38). The summed E-state index contributed by atoms with van der Waals surface area (Å²) in [5.74, 6) is 3.05. The van der Waals surface area contributed by atoms with E-state index in [1.165, 1.54) is 0 Å². The van der Waals surface area contributed by atoms with E-state index in [1.54, 1.807) is 24.1 Å². The van der Waals surface area contributed by atoms with Crippen molar-refractivity contribution in [2.75, 3.05) is 24.4 Å². The first-order valence-corrected chi connectivity index (χ1v) is 13.2. The number of nitrogens with one attached hydrogen (secondary N) is 3. The lowest BCUT2D eigenvalue weighted by Gasteiger charge is -2.20. The molecule has 0 saturated heterocycles. The van der Waals surface area contributed by atoms with E-state index in [2.05, 4.69) is 41.6 Å². The number of H-pyrrole nitrogens is 1. The number of hydrogen-bond donors (Lipinski definition) is 3. The topological polar surface area (TPSA) is 115 Å². The van der Waals surface area contributed by atoms with Crippen molar-refractivity contribution in [2.24, 2.45) is 0 Å². The molecule has 0 bridgehead atoms. The van der Waals surface area contributed by atoms with Gasteiger partial charge >= 0.3 is 6.03 Å². The highest BCUT2D eigenvalue weighted by Crippen LogP contribution is 2.41. The highest BCUT2D eigenvalue weighted by Gasteiger charge is 2.23. The molecule has 0 saturated carbocycles. The van der Waals surface area contributed by atoms with Crippen LogP contribution in [-0.2, 0) is 5.41 Å². The van der Waals surface area contributed by atoms with Gasteiger partial charge in [0.2, 0.25) is 0 Å². The van der Waals surface area contributed by atoms with Crippen LogP contribution >= 0.6 is 0 Å². The van der Waals surface area contributed by atoms with Crippen LogP contribution in [0.25, 0.3) is 22.7 Å². The molecular formula is C31H30N6O4. The van der Waals surface area contributed by atoms with Gasteiger partial charge < -0.3 is 19.5 Å². The molecule has 6 rings (SSSR count). The number of anilines is 2. The van der Waals surface area contributed by atoms with Gasteiger partial charge in [0, 0.05) is 11.5 Å². The number of methoxy groups -OCH3 is 1. The van der Waals surface area contributed by atoms with Gasteiger partial charge in [-0.3, -0.25) is 10.4 Å². The maximum absolute atomic E-state index is 13.3. The third-order valence-electron chi connectivity index (χ3n) is 6.71. The monoisotopic (exact) mass is 550 g/mol. The number of benzene rings is 3. The Labute approximate surface area is 236 Å². The van der Waals surface area contributed by atoms with Crippen molar-refractivity contribution in [1.82, 2.24) is 20.0 Å². The van der Waals surface area contributed by atoms with Crippen LogP contribution in [0.3, 0.4) is 0 Å². The molecule has 1 aliphatic heterocycles.